The van der Waals surface area contributed by atoms with E-state index in [4.69, 9.17) is 16.6 Å². The van der Waals surface area contributed by atoms with E-state index in [1.807, 2.05) is 38.1 Å². The maximum absolute atomic E-state index is 13.0. The third-order valence-electron chi connectivity index (χ3n) is 3.73. The highest BCUT2D eigenvalue weighted by atomic mass is 35.5. The van der Waals surface area contributed by atoms with E-state index >= 15 is 0 Å². The number of aromatic nitrogens is 3. The number of thiazole rings is 1. The lowest BCUT2D eigenvalue weighted by Crippen LogP contribution is -2.36. The van der Waals surface area contributed by atoms with Crippen molar-refractivity contribution in [2.24, 2.45) is 0 Å². The number of halogens is 1. The van der Waals surface area contributed by atoms with E-state index in [-0.39, 0.29) is 5.91 Å². The summed E-state index contributed by atoms with van der Waals surface area (Å²) in [6.07, 6.45) is 0. The number of rotatable bonds is 5. The molecule has 0 aliphatic rings. The summed E-state index contributed by atoms with van der Waals surface area (Å²) < 4.78 is 4.86. The van der Waals surface area contributed by atoms with Crippen LogP contribution in [0.3, 0.4) is 0 Å². The normalized spacial score (nSPS) is 11.4. The van der Waals surface area contributed by atoms with Crippen LogP contribution in [-0.4, -0.2) is 52.6 Å². The number of aryl methyl sites for hydroxylation is 2. The van der Waals surface area contributed by atoms with Gasteiger partial charge in [0.25, 0.3) is 5.91 Å². The number of hydrogen-bond acceptors (Lipinski definition) is 7. The smallest absolute Gasteiger partial charge is 0.273 e. The topological polar surface area (TPSA) is 62.2 Å². The maximum Gasteiger partial charge on any atom is 0.273 e. The molecule has 9 heteroatoms. The molecule has 2 heterocycles. The van der Waals surface area contributed by atoms with Crippen molar-refractivity contribution < 1.29 is 4.79 Å². The minimum atomic E-state index is -0.114. The second-order valence-corrected chi connectivity index (χ2v) is 8.21. The summed E-state index contributed by atoms with van der Waals surface area (Å²) in [5.74, 6) is -0.114. The summed E-state index contributed by atoms with van der Waals surface area (Å²) in [5.41, 5.74) is 2.53. The summed E-state index contributed by atoms with van der Waals surface area (Å²) in [6.45, 7) is 5.03. The van der Waals surface area contributed by atoms with Gasteiger partial charge in [0.2, 0.25) is 0 Å². The Kier molecular flexibility index (Phi) is 5.33. The summed E-state index contributed by atoms with van der Waals surface area (Å²) in [6, 6.07) is 3.77. The average molecular weight is 396 g/mol. The van der Waals surface area contributed by atoms with Gasteiger partial charge >= 0.3 is 0 Å². The van der Waals surface area contributed by atoms with Gasteiger partial charge in [-0.3, -0.25) is 9.69 Å². The van der Waals surface area contributed by atoms with Crippen LogP contribution in [0.2, 0.25) is 5.02 Å². The molecule has 1 aromatic carbocycles. The van der Waals surface area contributed by atoms with Gasteiger partial charge in [-0.1, -0.05) is 27.4 Å². The maximum atomic E-state index is 13.0. The van der Waals surface area contributed by atoms with E-state index in [0.717, 1.165) is 33.9 Å². The zero-order chi connectivity index (χ0) is 18.1. The molecule has 3 aromatic rings. The number of nitrogens with zero attached hydrogens (tertiary/aromatic N) is 5. The molecule has 3 rings (SSSR count). The lowest BCUT2D eigenvalue weighted by molar-refractivity contribution is 0.0988. The van der Waals surface area contributed by atoms with Gasteiger partial charge in [-0.2, -0.15) is 0 Å². The van der Waals surface area contributed by atoms with Crippen molar-refractivity contribution in [3.8, 4) is 0 Å². The van der Waals surface area contributed by atoms with Gasteiger partial charge in [-0.05, 0) is 57.2 Å². The molecular formula is C16H18ClN5OS2. The number of anilines is 1. The van der Waals surface area contributed by atoms with Gasteiger partial charge in [-0.25, -0.2) is 4.98 Å². The summed E-state index contributed by atoms with van der Waals surface area (Å²) in [7, 11) is 3.95. The fraction of sp³-hybridized carbons (Fsp3) is 0.375. The number of carbonyl (C=O) groups is 1. The average Bonchev–Trinajstić information content (AvgIpc) is 3.13. The third-order valence-corrected chi connectivity index (χ3v) is 5.79. The lowest BCUT2D eigenvalue weighted by Gasteiger charge is -2.21. The second-order valence-electron chi connectivity index (χ2n) is 6.01. The molecule has 6 nitrogen and oxygen atoms in total. The first-order chi connectivity index (χ1) is 11.9. The predicted molar refractivity (Wildman–Crippen MR) is 104 cm³/mol. The first kappa shape index (κ1) is 18.2. The van der Waals surface area contributed by atoms with Crippen LogP contribution in [0.15, 0.2) is 12.1 Å². The highest BCUT2D eigenvalue weighted by Gasteiger charge is 2.25. The van der Waals surface area contributed by atoms with Gasteiger partial charge in [0.15, 0.2) is 5.13 Å². The van der Waals surface area contributed by atoms with Crippen molar-refractivity contribution in [1.82, 2.24) is 19.5 Å². The van der Waals surface area contributed by atoms with Crippen LogP contribution in [0.5, 0.6) is 0 Å². The highest BCUT2D eigenvalue weighted by molar-refractivity contribution is 7.22. The van der Waals surface area contributed by atoms with Crippen LogP contribution in [-0.2, 0) is 0 Å². The number of likely N-dealkylation sites (N-methyl/N-ethyl adjacent to an activating group) is 1. The molecule has 0 spiro atoms. The molecule has 0 saturated carbocycles. The molecule has 0 saturated heterocycles. The van der Waals surface area contributed by atoms with E-state index in [9.17, 15) is 4.79 Å². The fourth-order valence-corrected chi connectivity index (χ4v) is 4.44. The Labute approximate surface area is 159 Å². The quantitative estimate of drug-likeness (QED) is 0.660. The van der Waals surface area contributed by atoms with Crippen LogP contribution in [0, 0.1) is 13.8 Å². The SMILES string of the molecule is Cc1nnsc1C(=O)N(CCN(C)C)c1nc2c(C)cc(Cl)cc2s1. The summed E-state index contributed by atoms with van der Waals surface area (Å²) in [4.78, 5) is 22.0. The van der Waals surface area contributed by atoms with E-state index in [0.29, 0.717) is 27.3 Å². The molecule has 0 fully saturated rings. The Balaban J connectivity index is 2.03. The molecule has 0 N–H and O–H groups in total. The van der Waals surface area contributed by atoms with Gasteiger partial charge in [0.05, 0.1) is 15.9 Å². The molecule has 25 heavy (non-hydrogen) atoms. The van der Waals surface area contributed by atoms with Gasteiger partial charge in [-0.15, -0.1) is 5.10 Å². The standard InChI is InChI=1S/C16H18ClN5OS2/c1-9-7-11(17)8-12-13(9)18-16(24-12)22(6-5-21(3)4)15(23)14-10(2)19-20-25-14/h7-8H,5-6H2,1-4H3. The molecule has 0 radical (unpaired) electrons. The zero-order valence-electron chi connectivity index (χ0n) is 14.4. The van der Waals surface area contributed by atoms with Crippen LogP contribution in [0.1, 0.15) is 20.9 Å². The number of hydrogen-bond donors (Lipinski definition) is 0. The first-order valence-corrected chi connectivity index (χ1v) is 9.66. The number of carbonyl (C=O) groups excluding carboxylic acids is 1. The molecule has 0 unspecified atom stereocenters. The minimum Gasteiger partial charge on any atom is -0.308 e. The Bertz CT molecular complexity index is 921. The number of amides is 1. The Morgan fingerprint density at radius 2 is 2.00 bits per heavy atom. The number of benzene rings is 1. The Morgan fingerprint density at radius 3 is 2.64 bits per heavy atom. The van der Waals surface area contributed by atoms with Crippen molar-refractivity contribution in [1.29, 1.82) is 0 Å². The molecule has 0 bridgehead atoms. The Hall–Kier alpha value is -1.61. The van der Waals surface area contributed by atoms with E-state index < -0.39 is 0 Å². The lowest BCUT2D eigenvalue weighted by atomic mass is 10.2. The molecule has 2 aromatic heterocycles. The van der Waals surface area contributed by atoms with Crippen molar-refractivity contribution in [3.05, 3.63) is 33.3 Å². The molecular weight excluding hydrogens is 378 g/mol. The van der Waals surface area contributed by atoms with Crippen molar-refractivity contribution in [2.45, 2.75) is 13.8 Å². The summed E-state index contributed by atoms with van der Waals surface area (Å²) >= 11 is 8.75. The van der Waals surface area contributed by atoms with Crippen molar-refractivity contribution in [2.75, 3.05) is 32.1 Å². The van der Waals surface area contributed by atoms with Crippen molar-refractivity contribution in [3.63, 3.8) is 0 Å². The third kappa shape index (κ3) is 3.82. The molecule has 0 aliphatic carbocycles. The largest absolute Gasteiger partial charge is 0.308 e. The molecule has 132 valence electrons. The van der Waals surface area contributed by atoms with E-state index in [2.05, 4.69) is 9.59 Å². The van der Waals surface area contributed by atoms with Crippen LogP contribution < -0.4 is 4.90 Å². The predicted octanol–water partition coefficient (Wildman–Crippen LogP) is 3.63. The highest BCUT2D eigenvalue weighted by Crippen LogP contribution is 2.33. The van der Waals surface area contributed by atoms with E-state index in [1.165, 1.54) is 11.3 Å². The monoisotopic (exact) mass is 395 g/mol. The molecule has 0 atom stereocenters. The number of fused-ring (bicyclic) bond motifs is 1. The van der Waals surface area contributed by atoms with Gasteiger partial charge in [0.1, 0.15) is 4.88 Å². The Morgan fingerprint density at radius 1 is 1.24 bits per heavy atom. The summed E-state index contributed by atoms with van der Waals surface area (Å²) in [5, 5.41) is 5.30. The molecule has 1 amide bonds. The zero-order valence-corrected chi connectivity index (χ0v) is 16.8. The van der Waals surface area contributed by atoms with Gasteiger partial charge in [0, 0.05) is 18.1 Å². The first-order valence-electron chi connectivity index (χ1n) is 7.69. The minimum absolute atomic E-state index is 0.114. The van der Waals surface area contributed by atoms with E-state index in [1.54, 1.807) is 11.8 Å². The molecule has 0 aliphatic heterocycles. The van der Waals surface area contributed by atoms with Crippen LogP contribution in [0.4, 0.5) is 5.13 Å². The second kappa shape index (κ2) is 7.33. The van der Waals surface area contributed by atoms with Crippen LogP contribution in [0.25, 0.3) is 10.2 Å². The van der Waals surface area contributed by atoms with Gasteiger partial charge < -0.3 is 4.90 Å². The fourth-order valence-electron chi connectivity index (χ4n) is 2.39. The van der Waals surface area contributed by atoms with Crippen molar-refractivity contribution >= 4 is 55.7 Å². The van der Waals surface area contributed by atoms with Crippen LogP contribution >= 0.6 is 34.5 Å².